The van der Waals surface area contributed by atoms with Gasteiger partial charge in [-0.1, -0.05) is 77.8 Å². The lowest BCUT2D eigenvalue weighted by atomic mass is 10.0. The van der Waals surface area contributed by atoms with Crippen LogP contribution in [0.4, 0.5) is 5.13 Å². The molecule has 0 saturated heterocycles. The zero-order chi connectivity index (χ0) is 22.1. The van der Waals surface area contributed by atoms with Gasteiger partial charge in [0.15, 0.2) is 5.13 Å². The SMILES string of the molecule is O=C(Nc1nc(-c2ccccc2)cs1)c1cc(-c2ccc(Cl)c(Cl)c2)nc2ccccc12. The fourth-order valence-corrected chi connectivity index (χ4v) is 4.42. The summed E-state index contributed by atoms with van der Waals surface area (Å²) in [5.74, 6) is -0.251. The largest absolute Gasteiger partial charge is 0.298 e. The molecule has 3 aromatic carbocycles. The fourth-order valence-electron chi connectivity index (χ4n) is 3.40. The highest BCUT2D eigenvalue weighted by Gasteiger charge is 2.16. The van der Waals surface area contributed by atoms with Crippen LogP contribution in [0.5, 0.6) is 0 Å². The Bertz CT molecular complexity index is 1450. The molecular formula is C25H15Cl2N3OS. The van der Waals surface area contributed by atoms with Gasteiger partial charge < -0.3 is 0 Å². The van der Waals surface area contributed by atoms with E-state index in [2.05, 4.69) is 10.3 Å². The maximum Gasteiger partial charge on any atom is 0.258 e. The number of nitrogens with one attached hydrogen (secondary N) is 1. The molecule has 0 aliphatic rings. The van der Waals surface area contributed by atoms with Gasteiger partial charge in [0.05, 0.1) is 32.5 Å². The van der Waals surface area contributed by atoms with Crippen molar-refractivity contribution in [3.63, 3.8) is 0 Å². The predicted molar refractivity (Wildman–Crippen MR) is 133 cm³/mol. The Hall–Kier alpha value is -3.25. The summed E-state index contributed by atoms with van der Waals surface area (Å²) in [7, 11) is 0. The average molecular weight is 476 g/mol. The second-order valence-electron chi connectivity index (χ2n) is 7.06. The van der Waals surface area contributed by atoms with Crippen LogP contribution in [-0.2, 0) is 0 Å². The Morgan fingerprint density at radius 3 is 2.38 bits per heavy atom. The number of aromatic nitrogens is 2. The van der Waals surface area contributed by atoms with Crippen molar-refractivity contribution in [3.05, 3.63) is 99.9 Å². The molecule has 0 spiro atoms. The molecule has 1 amide bonds. The standard InChI is InChI=1S/C25H15Cl2N3OS/c26-19-11-10-16(12-20(19)27)22-13-18(17-8-4-5-9-21(17)28-22)24(31)30-25-29-23(14-32-25)15-6-2-1-3-7-15/h1-14H,(H,29,30,31). The lowest BCUT2D eigenvalue weighted by Gasteiger charge is -2.10. The molecule has 4 nitrogen and oxygen atoms in total. The third-order valence-electron chi connectivity index (χ3n) is 4.97. The maximum absolute atomic E-state index is 13.3. The smallest absolute Gasteiger partial charge is 0.258 e. The molecule has 32 heavy (non-hydrogen) atoms. The molecule has 1 N–H and O–H groups in total. The third-order valence-corrected chi connectivity index (χ3v) is 6.47. The number of hydrogen-bond donors (Lipinski definition) is 1. The van der Waals surface area contributed by atoms with Crippen molar-refractivity contribution >= 4 is 56.5 Å². The maximum atomic E-state index is 13.3. The minimum Gasteiger partial charge on any atom is -0.298 e. The molecule has 5 aromatic rings. The van der Waals surface area contributed by atoms with Crippen molar-refractivity contribution in [1.82, 2.24) is 9.97 Å². The number of halogens is 2. The summed E-state index contributed by atoms with van der Waals surface area (Å²) in [6.45, 7) is 0. The van der Waals surface area contributed by atoms with Crippen molar-refractivity contribution in [2.45, 2.75) is 0 Å². The molecule has 0 unspecified atom stereocenters. The number of benzene rings is 3. The molecule has 0 aliphatic carbocycles. The summed E-state index contributed by atoms with van der Waals surface area (Å²) >= 11 is 13.6. The van der Waals surface area contributed by atoms with Crippen LogP contribution in [0, 0.1) is 0 Å². The van der Waals surface area contributed by atoms with E-state index in [9.17, 15) is 4.79 Å². The average Bonchev–Trinajstić information content (AvgIpc) is 3.29. The van der Waals surface area contributed by atoms with Gasteiger partial charge in [0.1, 0.15) is 0 Å². The second-order valence-corrected chi connectivity index (χ2v) is 8.73. The molecule has 0 bridgehead atoms. The number of fused-ring (bicyclic) bond motifs is 1. The molecule has 0 saturated carbocycles. The Morgan fingerprint density at radius 2 is 1.56 bits per heavy atom. The minimum absolute atomic E-state index is 0.251. The summed E-state index contributed by atoms with van der Waals surface area (Å²) in [4.78, 5) is 22.5. The first kappa shape index (κ1) is 20.6. The number of hydrogen-bond acceptors (Lipinski definition) is 4. The number of amides is 1. The number of anilines is 1. The van der Waals surface area contributed by atoms with Crippen LogP contribution in [0.3, 0.4) is 0 Å². The number of nitrogens with zero attached hydrogens (tertiary/aromatic N) is 2. The van der Waals surface area contributed by atoms with Crippen molar-refractivity contribution < 1.29 is 4.79 Å². The lowest BCUT2D eigenvalue weighted by Crippen LogP contribution is -2.13. The van der Waals surface area contributed by atoms with E-state index in [0.29, 0.717) is 32.0 Å². The highest BCUT2D eigenvalue weighted by Crippen LogP contribution is 2.31. The van der Waals surface area contributed by atoms with E-state index in [1.165, 1.54) is 11.3 Å². The van der Waals surface area contributed by atoms with Gasteiger partial charge in [0.2, 0.25) is 0 Å². The van der Waals surface area contributed by atoms with E-state index >= 15 is 0 Å². The molecule has 0 fully saturated rings. The van der Waals surface area contributed by atoms with Gasteiger partial charge in [0, 0.05) is 21.9 Å². The summed E-state index contributed by atoms with van der Waals surface area (Å²) < 4.78 is 0. The molecule has 5 rings (SSSR count). The van der Waals surface area contributed by atoms with E-state index < -0.39 is 0 Å². The Kier molecular flexibility index (Phi) is 5.62. The van der Waals surface area contributed by atoms with Crippen molar-refractivity contribution in [2.75, 3.05) is 5.32 Å². The van der Waals surface area contributed by atoms with E-state index in [0.717, 1.165) is 22.2 Å². The molecule has 156 valence electrons. The molecule has 2 aromatic heterocycles. The van der Waals surface area contributed by atoms with Crippen molar-refractivity contribution in [2.24, 2.45) is 0 Å². The van der Waals surface area contributed by atoms with Gasteiger partial charge >= 0.3 is 0 Å². The van der Waals surface area contributed by atoms with Gasteiger partial charge in [-0.3, -0.25) is 10.1 Å². The number of para-hydroxylation sites is 1. The van der Waals surface area contributed by atoms with Gasteiger partial charge in [-0.15, -0.1) is 11.3 Å². The first-order valence-electron chi connectivity index (χ1n) is 9.76. The zero-order valence-corrected chi connectivity index (χ0v) is 18.9. The highest BCUT2D eigenvalue weighted by molar-refractivity contribution is 7.14. The number of carbonyl (C=O) groups is 1. The molecule has 0 aliphatic heterocycles. The van der Waals surface area contributed by atoms with E-state index in [-0.39, 0.29) is 5.91 Å². The molecule has 7 heteroatoms. The fraction of sp³-hybridized carbons (Fsp3) is 0. The van der Waals surface area contributed by atoms with Crippen LogP contribution >= 0.6 is 34.5 Å². The van der Waals surface area contributed by atoms with E-state index in [1.54, 1.807) is 18.2 Å². The molecule has 2 heterocycles. The van der Waals surface area contributed by atoms with Gasteiger partial charge in [-0.2, -0.15) is 0 Å². The molecular weight excluding hydrogens is 461 g/mol. The lowest BCUT2D eigenvalue weighted by molar-refractivity contribution is 0.102. The third kappa shape index (κ3) is 4.10. The Balaban J connectivity index is 1.52. The summed E-state index contributed by atoms with van der Waals surface area (Å²) in [6, 6.07) is 24.5. The summed E-state index contributed by atoms with van der Waals surface area (Å²) in [5.41, 5.74) is 4.46. The van der Waals surface area contributed by atoms with E-state index in [1.807, 2.05) is 66.0 Å². The monoisotopic (exact) mass is 475 g/mol. The van der Waals surface area contributed by atoms with Crippen molar-refractivity contribution in [3.8, 4) is 22.5 Å². The van der Waals surface area contributed by atoms with Crippen LogP contribution < -0.4 is 5.32 Å². The van der Waals surface area contributed by atoms with Crippen LogP contribution in [0.25, 0.3) is 33.4 Å². The molecule has 0 atom stereocenters. The highest BCUT2D eigenvalue weighted by atomic mass is 35.5. The van der Waals surface area contributed by atoms with Gasteiger partial charge in [-0.05, 0) is 24.3 Å². The van der Waals surface area contributed by atoms with Crippen LogP contribution in [0.15, 0.2) is 84.2 Å². The van der Waals surface area contributed by atoms with Gasteiger partial charge in [0.25, 0.3) is 5.91 Å². The number of carbonyl (C=O) groups excluding carboxylic acids is 1. The predicted octanol–water partition coefficient (Wildman–Crippen LogP) is 7.58. The van der Waals surface area contributed by atoms with E-state index in [4.69, 9.17) is 28.2 Å². The topological polar surface area (TPSA) is 54.9 Å². The first-order valence-corrected chi connectivity index (χ1v) is 11.4. The Labute approximate surface area is 198 Å². The summed E-state index contributed by atoms with van der Waals surface area (Å²) in [6.07, 6.45) is 0. The summed E-state index contributed by atoms with van der Waals surface area (Å²) in [5, 5.41) is 7.05. The normalized spacial score (nSPS) is 10.9. The minimum atomic E-state index is -0.251. The van der Waals surface area contributed by atoms with Crippen molar-refractivity contribution in [1.29, 1.82) is 0 Å². The molecule has 0 radical (unpaired) electrons. The second kappa shape index (κ2) is 8.71. The zero-order valence-electron chi connectivity index (χ0n) is 16.5. The van der Waals surface area contributed by atoms with Crippen LogP contribution in [0.1, 0.15) is 10.4 Å². The number of rotatable bonds is 4. The van der Waals surface area contributed by atoms with Gasteiger partial charge in [-0.25, -0.2) is 9.97 Å². The quantitative estimate of drug-likeness (QED) is 0.291. The number of pyridine rings is 1. The Morgan fingerprint density at radius 1 is 0.781 bits per heavy atom. The first-order chi connectivity index (χ1) is 15.6. The van der Waals surface area contributed by atoms with Crippen LogP contribution in [0.2, 0.25) is 10.0 Å². The van der Waals surface area contributed by atoms with Crippen LogP contribution in [-0.4, -0.2) is 15.9 Å². The number of thiazole rings is 1.